The van der Waals surface area contributed by atoms with Gasteiger partial charge in [-0.15, -0.1) is 0 Å². The van der Waals surface area contributed by atoms with Crippen LogP contribution in [0.4, 0.5) is 13.2 Å². The molecule has 0 bridgehead atoms. The molecule has 0 aromatic carbocycles. The maximum absolute atomic E-state index is 11.9. The third-order valence-corrected chi connectivity index (χ3v) is 3.76. The van der Waals surface area contributed by atoms with Gasteiger partial charge in [0.25, 0.3) is 10.2 Å². The summed E-state index contributed by atoms with van der Waals surface area (Å²) >= 11 is 0. The van der Waals surface area contributed by atoms with Gasteiger partial charge in [-0.05, 0) is 17.8 Å². The Morgan fingerprint density at radius 2 is 1.44 bits per heavy atom. The first-order valence-corrected chi connectivity index (χ1v) is 7.24. The summed E-state index contributed by atoms with van der Waals surface area (Å²) in [5, 5.41) is 0. The SMILES string of the molecule is CC(C)C(CNS(=O)(=O)NCC(F)(F)F)C(C)C. The van der Waals surface area contributed by atoms with Gasteiger partial charge >= 0.3 is 6.18 Å². The number of halogens is 3. The van der Waals surface area contributed by atoms with Crippen LogP contribution >= 0.6 is 0 Å². The van der Waals surface area contributed by atoms with Crippen LogP contribution in [0.3, 0.4) is 0 Å². The Morgan fingerprint density at radius 3 is 1.78 bits per heavy atom. The van der Waals surface area contributed by atoms with E-state index in [-0.39, 0.29) is 24.3 Å². The first-order chi connectivity index (χ1) is 7.94. The van der Waals surface area contributed by atoms with Crippen LogP contribution in [0.15, 0.2) is 0 Å². The highest BCUT2D eigenvalue weighted by Crippen LogP contribution is 2.19. The van der Waals surface area contributed by atoms with Crippen molar-refractivity contribution in [3.05, 3.63) is 0 Å². The molecule has 2 N–H and O–H groups in total. The molecule has 0 unspecified atom stereocenters. The van der Waals surface area contributed by atoms with Crippen molar-refractivity contribution in [3.63, 3.8) is 0 Å². The lowest BCUT2D eigenvalue weighted by Crippen LogP contribution is -2.44. The molecule has 0 atom stereocenters. The first-order valence-electron chi connectivity index (χ1n) is 5.75. The summed E-state index contributed by atoms with van der Waals surface area (Å²) in [6.45, 7) is 6.35. The highest BCUT2D eigenvalue weighted by Gasteiger charge is 2.29. The highest BCUT2D eigenvalue weighted by molar-refractivity contribution is 7.87. The zero-order chi connectivity index (χ0) is 14.6. The van der Waals surface area contributed by atoms with Gasteiger partial charge in [0, 0.05) is 6.54 Å². The summed E-state index contributed by atoms with van der Waals surface area (Å²) < 4.78 is 61.9. The molecule has 0 rings (SSSR count). The van der Waals surface area contributed by atoms with E-state index in [0.29, 0.717) is 0 Å². The van der Waals surface area contributed by atoms with Crippen molar-refractivity contribution in [2.24, 2.45) is 17.8 Å². The summed E-state index contributed by atoms with van der Waals surface area (Å²) in [5.41, 5.74) is 0. The monoisotopic (exact) mass is 290 g/mol. The van der Waals surface area contributed by atoms with Crippen LogP contribution in [0, 0.1) is 17.8 Å². The third-order valence-electron chi connectivity index (χ3n) is 2.68. The van der Waals surface area contributed by atoms with Crippen molar-refractivity contribution in [2.75, 3.05) is 13.1 Å². The predicted octanol–water partition coefficient (Wildman–Crippen LogP) is 1.90. The fraction of sp³-hybridized carbons (Fsp3) is 1.00. The van der Waals surface area contributed by atoms with Gasteiger partial charge < -0.3 is 0 Å². The molecular formula is C10H21F3N2O2S. The van der Waals surface area contributed by atoms with Crippen molar-refractivity contribution in [3.8, 4) is 0 Å². The van der Waals surface area contributed by atoms with Crippen LogP contribution in [-0.4, -0.2) is 27.7 Å². The predicted molar refractivity (Wildman–Crippen MR) is 64.1 cm³/mol. The van der Waals surface area contributed by atoms with Crippen LogP contribution in [0.25, 0.3) is 0 Å². The number of hydrogen-bond donors (Lipinski definition) is 2. The van der Waals surface area contributed by atoms with E-state index in [9.17, 15) is 21.6 Å². The van der Waals surface area contributed by atoms with E-state index >= 15 is 0 Å². The lowest BCUT2D eigenvalue weighted by Gasteiger charge is -2.25. The normalized spacial score (nSPS) is 13.9. The first kappa shape index (κ1) is 17.7. The summed E-state index contributed by atoms with van der Waals surface area (Å²) in [5.74, 6) is 0.568. The Labute approximate surface area is 107 Å². The van der Waals surface area contributed by atoms with Gasteiger partial charge in [0.05, 0.1) is 0 Å². The summed E-state index contributed by atoms with van der Waals surface area (Å²) in [6.07, 6.45) is -4.55. The molecule has 0 amide bonds. The molecule has 18 heavy (non-hydrogen) atoms. The molecule has 0 aromatic heterocycles. The molecule has 0 aliphatic rings. The average Bonchev–Trinajstić information content (AvgIpc) is 2.12. The van der Waals surface area contributed by atoms with Crippen LogP contribution in [0.1, 0.15) is 27.7 Å². The zero-order valence-corrected chi connectivity index (χ0v) is 11.8. The molecule has 0 aliphatic heterocycles. The van der Waals surface area contributed by atoms with Gasteiger partial charge in [-0.1, -0.05) is 27.7 Å². The van der Waals surface area contributed by atoms with Gasteiger partial charge in [0.2, 0.25) is 0 Å². The third kappa shape index (κ3) is 7.88. The second-order valence-corrected chi connectivity index (χ2v) is 6.52. The standard InChI is InChI=1S/C10H21F3N2O2S/c1-7(2)9(8(3)4)5-14-18(16,17)15-6-10(11,12)13/h7-9,14-15H,5-6H2,1-4H3. The smallest absolute Gasteiger partial charge is 0.202 e. The molecule has 0 heterocycles. The van der Waals surface area contributed by atoms with E-state index in [1.54, 1.807) is 0 Å². The molecule has 0 aromatic rings. The molecular weight excluding hydrogens is 269 g/mol. The highest BCUT2D eigenvalue weighted by atomic mass is 32.2. The van der Waals surface area contributed by atoms with E-state index in [2.05, 4.69) is 4.72 Å². The summed E-state index contributed by atoms with van der Waals surface area (Å²) in [6, 6.07) is 0. The Kier molecular flexibility index (Phi) is 6.59. The van der Waals surface area contributed by atoms with E-state index in [1.807, 2.05) is 27.7 Å². The number of nitrogens with one attached hydrogen (secondary N) is 2. The number of alkyl halides is 3. The van der Waals surface area contributed by atoms with Crippen LogP contribution in [0.5, 0.6) is 0 Å². The Morgan fingerprint density at radius 1 is 1.00 bits per heavy atom. The average molecular weight is 290 g/mol. The van der Waals surface area contributed by atoms with Gasteiger partial charge in [0.15, 0.2) is 0 Å². The molecule has 0 spiro atoms. The largest absolute Gasteiger partial charge is 0.402 e. The number of rotatable bonds is 7. The minimum atomic E-state index is -4.55. The maximum Gasteiger partial charge on any atom is 0.402 e. The van der Waals surface area contributed by atoms with E-state index in [1.165, 1.54) is 4.72 Å². The second kappa shape index (κ2) is 6.72. The van der Waals surface area contributed by atoms with Crippen molar-refractivity contribution in [1.82, 2.24) is 9.44 Å². The van der Waals surface area contributed by atoms with Gasteiger partial charge in [-0.25, -0.2) is 4.72 Å². The summed E-state index contributed by atoms with van der Waals surface area (Å²) in [4.78, 5) is 0. The topological polar surface area (TPSA) is 58.2 Å². The molecule has 0 radical (unpaired) electrons. The van der Waals surface area contributed by atoms with E-state index in [0.717, 1.165) is 0 Å². The van der Waals surface area contributed by atoms with Gasteiger partial charge in [0.1, 0.15) is 6.54 Å². The lowest BCUT2D eigenvalue weighted by atomic mass is 9.86. The zero-order valence-electron chi connectivity index (χ0n) is 11.0. The van der Waals surface area contributed by atoms with Gasteiger partial charge in [-0.2, -0.15) is 26.3 Å². The molecule has 0 fully saturated rings. The molecule has 0 aliphatic carbocycles. The molecule has 0 saturated carbocycles. The molecule has 0 saturated heterocycles. The molecule has 8 heteroatoms. The quantitative estimate of drug-likeness (QED) is 0.752. The Bertz CT molecular complexity index is 332. The van der Waals surface area contributed by atoms with Crippen molar-refractivity contribution in [2.45, 2.75) is 33.9 Å². The van der Waals surface area contributed by atoms with Crippen molar-refractivity contribution in [1.29, 1.82) is 0 Å². The van der Waals surface area contributed by atoms with E-state index in [4.69, 9.17) is 0 Å². The fourth-order valence-corrected chi connectivity index (χ4v) is 2.54. The van der Waals surface area contributed by atoms with Crippen LogP contribution < -0.4 is 9.44 Å². The van der Waals surface area contributed by atoms with E-state index < -0.39 is 22.9 Å². The minimum absolute atomic E-state index is 0.0764. The van der Waals surface area contributed by atoms with Crippen LogP contribution in [-0.2, 0) is 10.2 Å². The Hall–Kier alpha value is -0.340. The summed E-state index contributed by atoms with van der Waals surface area (Å²) in [7, 11) is -4.10. The second-order valence-electron chi connectivity index (χ2n) is 4.94. The molecule has 4 nitrogen and oxygen atoms in total. The van der Waals surface area contributed by atoms with Crippen LogP contribution in [0.2, 0.25) is 0 Å². The number of hydrogen-bond acceptors (Lipinski definition) is 2. The fourth-order valence-electron chi connectivity index (χ4n) is 1.68. The molecule has 110 valence electrons. The van der Waals surface area contributed by atoms with Gasteiger partial charge in [-0.3, -0.25) is 0 Å². The Balaban J connectivity index is 4.34. The minimum Gasteiger partial charge on any atom is -0.202 e. The van der Waals surface area contributed by atoms with Crippen molar-refractivity contribution < 1.29 is 21.6 Å². The lowest BCUT2D eigenvalue weighted by molar-refractivity contribution is -0.121. The maximum atomic E-state index is 11.9. The van der Waals surface area contributed by atoms with Crippen molar-refractivity contribution >= 4 is 10.2 Å².